The van der Waals surface area contributed by atoms with E-state index in [4.69, 9.17) is 0 Å². The lowest BCUT2D eigenvalue weighted by Crippen LogP contribution is -2.87. The molecule has 0 N–H and O–H groups in total. The molecule has 366 valence electrons. The van der Waals surface area contributed by atoms with Gasteiger partial charge in [-0.2, -0.15) is 0 Å². The van der Waals surface area contributed by atoms with E-state index in [1.807, 2.05) is 0 Å². The third-order valence-corrected chi connectivity index (χ3v) is 21.2. The highest BCUT2D eigenvalue weighted by molar-refractivity contribution is 7.26. The van der Waals surface area contributed by atoms with E-state index in [-0.39, 0.29) is 23.0 Å². The van der Waals surface area contributed by atoms with Gasteiger partial charge in [-0.15, -0.1) is 0 Å². The van der Waals surface area contributed by atoms with E-state index in [1.54, 1.807) is 0 Å². The Balaban J connectivity index is 1.31. The molecule has 2 aliphatic rings. The van der Waals surface area contributed by atoms with Crippen molar-refractivity contribution in [3.63, 3.8) is 0 Å². The minimum absolute atomic E-state index is 0.0354. The molecule has 0 unspecified atom stereocenters. The monoisotopic (exact) mass is 984 g/mol. The maximum absolute atomic E-state index is 3.11. The molecule has 3 heteroatoms. The molecular weight excluding hydrogens is 918 g/mol. The zero-order chi connectivity index (χ0) is 51.9. The fraction of sp³-hybridized carbons (Fsp3) is 0.167. The Hall–Kier alpha value is -7.72. The van der Waals surface area contributed by atoms with Gasteiger partial charge in [0.15, 0.2) is 8.07 Å². The summed E-state index contributed by atoms with van der Waals surface area (Å²) in [6.07, 6.45) is 0. The number of fused-ring (bicyclic) bond motifs is 4. The first-order valence-corrected chi connectivity index (χ1v) is 29.0. The summed E-state index contributed by atoms with van der Waals surface area (Å²) in [6, 6.07) is 90.8. The molecule has 0 spiro atoms. The Morgan fingerprint density at radius 1 is 0.320 bits per heavy atom. The van der Waals surface area contributed by atoms with Gasteiger partial charge < -0.3 is 4.90 Å². The first kappa shape index (κ1) is 48.2. The van der Waals surface area contributed by atoms with Crippen LogP contribution in [0.4, 0.5) is 17.1 Å². The fourth-order valence-electron chi connectivity index (χ4n) is 12.5. The van der Waals surface area contributed by atoms with Crippen molar-refractivity contribution in [3.8, 4) is 44.5 Å². The van der Waals surface area contributed by atoms with Crippen LogP contribution in [0.3, 0.4) is 0 Å². The summed E-state index contributed by atoms with van der Waals surface area (Å²) >= 11 is 0. The van der Waals surface area contributed by atoms with Crippen LogP contribution in [0.1, 0.15) is 79.0 Å². The van der Waals surface area contributed by atoms with Gasteiger partial charge in [-0.05, 0) is 110 Å². The van der Waals surface area contributed by atoms with Crippen LogP contribution in [0.25, 0.3) is 44.5 Å². The van der Waals surface area contributed by atoms with Gasteiger partial charge in [-0.3, -0.25) is 0 Å². The number of hydrogen-bond acceptors (Lipinski definition) is 1. The molecule has 0 aliphatic carbocycles. The largest absolute Gasteiger partial charge is 0.310 e. The van der Waals surface area contributed by atoms with Crippen molar-refractivity contribution in [1.29, 1.82) is 0 Å². The molecule has 0 bridgehead atoms. The van der Waals surface area contributed by atoms with Gasteiger partial charge >= 0.3 is 0 Å². The number of para-hydroxylation sites is 1. The van der Waals surface area contributed by atoms with E-state index in [2.05, 4.69) is 304 Å². The standard InChI is InChI=1S/C72H66BNSi/c1-70(2,3)51-41-43-64-62(45-51)73-63-46-52(71(4,5)6)42-44-66(63)75(54-31-18-12-19-32-54,55-33-20-13-21-34-55)67-48-53(72(7,8)9)47-65(68(67)73)74(64)69-60(58-37-24-22-35-56(58)49-27-14-10-15-28-49)39-26-40-61(69)59-38-25-23-36-57(59)50-29-16-11-17-30-50/h10-48H,1-9H3. The third-order valence-electron chi connectivity index (χ3n) is 16.3. The summed E-state index contributed by atoms with van der Waals surface area (Å²) in [7, 11) is -3.11. The SMILES string of the molecule is CC(C)(C)c1ccc2c(c1)B1c3cc(C(C)(C)C)ccc3[Si](c3ccccc3)(c3ccccc3)c3cc(C(C)(C)C)cc(c31)N2c1c(-c2ccccc2-c2ccccc2)cccc1-c1ccccc1-c1ccccc1. The van der Waals surface area contributed by atoms with Crippen LogP contribution in [0.5, 0.6) is 0 Å². The second kappa shape index (κ2) is 18.3. The molecule has 0 saturated carbocycles. The molecule has 0 radical (unpaired) electrons. The topological polar surface area (TPSA) is 3.24 Å². The maximum Gasteiger partial charge on any atom is 0.246 e. The molecule has 2 aliphatic heterocycles. The van der Waals surface area contributed by atoms with E-state index in [9.17, 15) is 0 Å². The number of hydrogen-bond donors (Lipinski definition) is 0. The molecule has 0 saturated heterocycles. The average Bonchev–Trinajstić information content (AvgIpc) is 3.44. The molecule has 10 aromatic carbocycles. The lowest BCUT2D eigenvalue weighted by Gasteiger charge is -2.49. The second-order valence-electron chi connectivity index (χ2n) is 24.1. The van der Waals surface area contributed by atoms with E-state index >= 15 is 0 Å². The lowest BCUT2D eigenvalue weighted by atomic mass is 9.34. The number of benzene rings is 10. The molecule has 0 atom stereocenters. The highest BCUT2D eigenvalue weighted by atomic mass is 28.3. The van der Waals surface area contributed by atoms with Crippen LogP contribution in [0.2, 0.25) is 0 Å². The quantitative estimate of drug-likeness (QED) is 0.144. The highest BCUT2D eigenvalue weighted by Crippen LogP contribution is 2.51. The Labute approximate surface area is 447 Å². The Morgan fingerprint density at radius 2 is 0.733 bits per heavy atom. The number of rotatable bonds is 7. The predicted molar refractivity (Wildman–Crippen MR) is 327 cm³/mol. The summed E-state index contributed by atoms with van der Waals surface area (Å²) in [6.45, 7) is 21.4. The Bertz CT molecular complexity index is 3620. The zero-order valence-electron chi connectivity index (χ0n) is 45.0. The van der Waals surface area contributed by atoms with Crippen molar-refractivity contribution < 1.29 is 0 Å². The second-order valence-corrected chi connectivity index (χ2v) is 27.8. The van der Waals surface area contributed by atoms with Crippen molar-refractivity contribution in [1.82, 2.24) is 0 Å². The van der Waals surface area contributed by atoms with E-state index in [1.165, 1.54) is 115 Å². The van der Waals surface area contributed by atoms with E-state index < -0.39 is 8.07 Å². The molecule has 0 aromatic heterocycles. The molecule has 0 fully saturated rings. The van der Waals surface area contributed by atoms with Gasteiger partial charge in [-0.1, -0.05) is 292 Å². The predicted octanol–water partition coefficient (Wildman–Crippen LogP) is 14.2. The first-order chi connectivity index (χ1) is 36.1. The van der Waals surface area contributed by atoms with Crippen molar-refractivity contribution in [2.75, 3.05) is 4.90 Å². The number of nitrogens with zero attached hydrogens (tertiary/aromatic N) is 1. The van der Waals surface area contributed by atoms with Gasteiger partial charge in [-0.25, -0.2) is 0 Å². The summed E-state index contributed by atoms with van der Waals surface area (Å²) in [5.41, 5.74) is 21.1. The van der Waals surface area contributed by atoms with Crippen LogP contribution >= 0.6 is 0 Å². The molecular formula is C72H66BNSi. The smallest absolute Gasteiger partial charge is 0.246 e. The van der Waals surface area contributed by atoms with Gasteiger partial charge in [0.25, 0.3) is 0 Å². The van der Waals surface area contributed by atoms with E-state index in [0.717, 1.165) is 0 Å². The van der Waals surface area contributed by atoms with Crippen molar-refractivity contribution in [3.05, 3.63) is 253 Å². The average molecular weight is 984 g/mol. The molecule has 2 heterocycles. The highest BCUT2D eigenvalue weighted by Gasteiger charge is 2.54. The van der Waals surface area contributed by atoms with Crippen LogP contribution in [0, 0.1) is 0 Å². The number of anilines is 3. The third kappa shape index (κ3) is 8.07. The fourth-order valence-corrected chi connectivity index (χ4v) is 17.8. The minimum Gasteiger partial charge on any atom is -0.310 e. The van der Waals surface area contributed by atoms with Crippen LogP contribution in [-0.4, -0.2) is 14.8 Å². The summed E-state index contributed by atoms with van der Waals surface area (Å²) in [4.78, 5) is 2.74. The normalized spacial score (nSPS) is 13.7. The van der Waals surface area contributed by atoms with Crippen molar-refractivity contribution in [2.24, 2.45) is 0 Å². The molecule has 10 aromatic rings. The van der Waals surface area contributed by atoms with Gasteiger partial charge in [0.2, 0.25) is 6.71 Å². The van der Waals surface area contributed by atoms with Gasteiger partial charge in [0.05, 0.1) is 5.69 Å². The molecule has 1 nitrogen and oxygen atoms in total. The maximum atomic E-state index is 2.74. The molecule has 75 heavy (non-hydrogen) atoms. The zero-order valence-corrected chi connectivity index (χ0v) is 46.0. The molecule has 12 rings (SSSR count). The summed E-state index contributed by atoms with van der Waals surface area (Å²) in [5, 5.41) is 5.78. The first-order valence-electron chi connectivity index (χ1n) is 27.0. The van der Waals surface area contributed by atoms with Gasteiger partial charge in [0.1, 0.15) is 0 Å². The van der Waals surface area contributed by atoms with Gasteiger partial charge in [0, 0.05) is 22.5 Å². The van der Waals surface area contributed by atoms with Crippen LogP contribution in [-0.2, 0) is 16.2 Å². The van der Waals surface area contributed by atoms with Crippen LogP contribution in [0.15, 0.2) is 237 Å². The summed E-state index contributed by atoms with van der Waals surface area (Å²) < 4.78 is 0. The Morgan fingerprint density at radius 3 is 1.21 bits per heavy atom. The minimum atomic E-state index is -3.11. The van der Waals surface area contributed by atoms with Crippen LogP contribution < -0.4 is 42.0 Å². The molecule has 0 amide bonds. The van der Waals surface area contributed by atoms with Crippen molar-refractivity contribution in [2.45, 2.75) is 78.6 Å². The van der Waals surface area contributed by atoms with Crippen molar-refractivity contribution >= 4 is 69.0 Å². The Kier molecular flexibility index (Phi) is 11.8. The van der Waals surface area contributed by atoms with E-state index in [0.29, 0.717) is 0 Å². The lowest BCUT2D eigenvalue weighted by molar-refractivity contribution is 0.590. The summed E-state index contributed by atoms with van der Waals surface area (Å²) in [5.74, 6) is 0.